The Labute approximate surface area is 155 Å². The molecule has 0 heterocycles. The fourth-order valence-electron chi connectivity index (χ4n) is 2.34. The van der Waals surface area contributed by atoms with E-state index in [4.69, 9.17) is 4.74 Å². The Kier molecular flexibility index (Phi) is 8.75. The summed E-state index contributed by atoms with van der Waals surface area (Å²) in [6.45, 7) is 2.57. The minimum absolute atomic E-state index is 0.332. The molecule has 1 aromatic rings. The molecule has 1 aromatic carbocycles. The zero-order valence-electron chi connectivity index (χ0n) is 15.3. The summed E-state index contributed by atoms with van der Waals surface area (Å²) in [6, 6.07) is 6.46. The zero-order valence-corrected chi connectivity index (χ0v) is 17.0. The van der Waals surface area contributed by atoms with Crippen LogP contribution in [0.1, 0.15) is 45.4 Å². The van der Waals surface area contributed by atoms with Crippen LogP contribution in [0.3, 0.4) is 0 Å². The molecule has 0 saturated heterocycles. The highest BCUT2D eigenvalue weighted by Crippen LogP contribution is 2.56. The van der Waals surface area contributed by atoms with Crippen molar-refractivity contribution < 1.29 is 30.0 Å². The Morgan fingerprint density at radius 2 is 1.54 bits per heavy atom. The lowest BCUT2D eigenvalue weighted by Crippen LogP contribution is -2.26. The fraction of sp³-hybridized carbons (Fsp3) is 0.647. The van der Waals surface area contributed by atoms with Gasteiger partial charge in [-0.2, -0.15) is 21.6 Å². The van der Waals surface area contributed by atoms with Gasteiger partial charge in [0.25, 0.3) is 0 Å². The first-order valence-corrected chi connectivity index (χ1v) is 12.3. The molecular weight excluding hydrogens is 389 g/mol. The number of alkyl halides is 3. The van der Waals surface area contributed by atoms with Crippen LogP contribution >= 0.6 is 10.3 Å². The summed E-state index contributed by atoms with van der Waals surface area (Å²) in [7, 11) is -8.40. The van der Waals surface area contributed by atoms with E-state index in [-0.39, 0.29) is 0 Å². The second-order valence-corrected chi connectivity index (χ2v) is 11.1. The maximum atomic E-state index is 12.6. The summed E-state index contributed by atoms with van der Waals surface area (Å²) < 4.78 is 70.9. The third-order valence-electron chi connectivity index (χ3n) is 3.68. The highest BCUT2D eigenvalue weighted by molar-refractivity contribution is 8.32. The van der Waals surface area contributed by atoms with Crippen molar-refractivity contribution in [1.29, 1.82) is 0 Å². The molecule has 0 unspecified atom stereocenters. The van der Waals surface area contributed by atoms with Crippen LogP contribution < -0.4 is 4.74 Å². The first-order chi connectivity index (χ1) is 12.0. The number of benzene rings is 1. The van der Waals surface area contributed by atoms with Gasteiger partial charge in [-0.3, -0.25) is 0 Å². The summed E-state index contributed by atoms with van der Waals surface area (Å²) in [5, 5.41) is 0. The number of hydrogen-bond donors (Lipinski definition) is 0. The molecule has 0 saturated carbocycles. The molecule has 0 bridgehead atoms. The highest BCUT2D eigenvalue weighted by Gasteiger charge is 2.50. The minimum atomic E-state index is -5.68. The van der Waals surface area contributed by atoms with Gasteiger partial charge >= 0.3 is 15.6 Å². The fourth-order valence-corrected chi connectivity index (χ4v) is 5.75. The van der Waals surface area contributed by atoms with E-state index in [9.17, 15) is 21.6 Å². The van der Waals surface area contributed by atoms with E-state index in [0.717, 1.165) is 19.3 Å². The van der Waals surface area contributed by atoms with Crippen LogP contribution in [0.25, 0.3) is 0 Å². The Balaban J connectivity index is 2.75. The zero-order chi connectivity index (χ0) is 19.8. The average Bonchev–Trinajstić information content (AvgIpc) is 2.52. The van der Waals surface area contributed by atoms with Crippen molar-refractivity contribution in [2.75, 3.05) is 19.1 Å². The van der Waals surface area contributed by atoms with Gasteiger partial charge in [-0.1, -0.05) is 61.5 Å². The Morgan fingerprint density at radius 3 is 2.15 bits per heavy atom. The van der Waals surface area contributed by atoms with Crippen molar-refractivity contribution >= 4 is 20.4 Å². The third-order valence-corrected chi connectivity index (χ3v) is 7.72. The van der Waals surface area contributed by atoms with Crippen molar-refractivity contribution in [2.45, 2.75) is 55.9 Å². The molecule has 152 valence electrons. The number of unbranched alkanes of at least 4 members (excludes halogenated alkanes) is 5. The number of ether oxygens (including phenoxy) is 1. The molecule has 0 aromatic heterocycles. The maximum absolute atomic E-state index is 12.6. The summed E-state index contributed by atoms with van der Waals surface area (Å²) in [4.78, 5) is 0.332. The SMILES string of the molecule is CCCCCCCCOc1ccccc1S(C)(C)OS(=O)(=O)C(F)(F)F. The lowest BCUT2D eigenvalue weighted by molar-refractivity contribution is -0.0496. The molecule has 0 radical (unpaired) electrons. The Bertz CT molecular complexity index is 658. The van der Waals surface area contributed by atoms with Gasteiger partial charge in [0.1, 0.15) is 5.75 Å². The van der Waals surface area contributed by atoms with E-state index in [0.29, 0.717) is 17.3 Å². The van der Waals surface area contributed by atoms with Crippen molar-refractivity contribution in [3.63, 3.8) is 0 Å². The van der Waals surface area contributed by atoms with Crippen molar-refractivity contribution in [3.05, 3.63) is 24.3 Å². The molecule has 0 aliphatic heterocycles. The summed E-state index contributed by atoms with van der Waals surface area (Å²) in [5.74, 6) is 0.360. The van der Waals surface area contributed by atoms with Gasteiger partial charge in [-0.05, 0) is 31.1 Å². The summed E-state index contributed by atoms with van der Waals surface area (Å²) >= 11 is 0. The predicted molar refractivity (Wildman–Crippen MR) is 99.1 cm³/mol. The molecule has 0 amide bonds. The number of halogens is 3. The molecule has 0 aliphatic rings. The molecular formula is C17H27F3O4S2. The van der Waals surface area contributed by atoms with Gasteiger partial charge in [-0.25, -0.2) is 3.63 Å². The molecule has 0 aliphatic carbocycles. The van der Waals surface area contributed by atoms with Crippen LogP contribution in [0.2, 0.25) is 0 Å². The lowest BCUT2D eigenvalue weighted by Gasteiger charge is -2.31. The number of para-hydroxylation sites is 1. The van der Waals surface area contributed by atoms with Gasteiger partial charge in [0.05, 0.1) is 11.5 Å². The monoisotopic (exact) mass is 416 g/mol. The van der Waals surface area contributed by atoms with Crippen LogP contribution in [-0.4, -0.2) is 33.0 Å². The predicted octanol–water partition coefficient (Wildman–Crippen LogP) is 5.63. The number of rotatable bonds is 11. The second kappa shape index (κ2) is 9.85. The van der Waals surface area contributed by atoms with Gasteiger partial charge in [0.2, 0.25) is 0 Å². The largest absolute Gasteiger partial charge is 0.523 e. The van der Waals surface area contributed by atoms with Crippen molar-refractivity contribution in [2.24, 2.45) is 0 Å². The smallest absolute Gasteiger partial charge is 0.492 e. The van der Waals surface area contributed by atoms with Crippen LogP contribution in [-0.2, 0) is 13.7 Å². The van der Waals surface area contributed by atoms with Crippen LogP contribution in [0.5, 0.6) is 5.75 Å². The van der Waals surface area contributed by atoms with Gasteiger partial charge < -0.3 is 4.74 Å². The minimum Gasteiger partial charge on any atom is -0.492 e. The van der Waals surface area contributed by atoms with Gasteiger partial charge in [-0.15, -0.1) is 0 Å². The van der Waals surface area contributed by atoms with E-state index in [1.54, 1.807) is 18.2 Å². The number of hydrogen-bond acceptors (Lipinski definition) is 4. The van der Waals surface area contributed by atoms with Crippen LogP contribution in [0.15, 0.2) is 29.2 Å². The average molecular weight is 417 g/mol. The lowest BCUT2D eigenvalue weighted by atomic mass is 10.1. The molecule has 4 nitrogen and oxygen atoms in total. The molecule has 0 fully saturated rings. The first kappa shape index (κ1) is 23.1. The van der Waals surface area contributed by atoms with E-state index in [1.165, 1.54) is 37.8 Å². The maximum Gasteiger partial charge on any atom is 0.523 e. The van der Waals surface area contributed by atoms with E-state index >= 15 is 0 Å². The van der Waals surface area contributed by atoms with Gasteiger partial charge in [0.15, 0.2) is 0 Å². The molecule has 9 heteroatoms. The van der Waals surface area contributed by atoms with E-state index in [1.807, 2.05) is 0 Å². The van der Waals surface area contributed by atoms with Crippen LogP contribution in [0.4, 0.5) is 13.2 Å². The van der Waals surface area contributed by atoms with E-state index < -0.39 is 25.9 Å². The topological polar surface area (TPSA) is 52.6 Å². The van der Waals surface area contributed by atoms with Crippen molar-refractivity contribution in [3.8, 4) is 5.75 Å². The Hall–Kier alpha value is -0.930. The normalized spacial score (nSPS) is 13.6. The molecule has 1 rings (SSSR count). The van der Waals surface area contributed by atoms with E-state index in [2.05, 4.69) is 10.6 Å². The van der Waals surface area contributed by atoms with Crippen LogP contribution in [0, 0.1) is 0 Å². The molecule has 0 N–H and O–H groups in total. The summed E-state index contributed by atoms with van der Waals surface area (Å²) in [6.07, 6.45) is 9.20. The first-order valence-electron chi connectivity index (χ1n) is 8.49. The second-order valence-electron chi connectivity index (χ2n) is 6.26. The molecule has 0 spiro atoms. The molecule has 26 heavy (non-hydrogen) atoms. The third kappa shape index (κ3) is 7.00. The quantitative estimate of drug-likeness (QED) is 0.346. The molecule has 0 atom stereocenters. The summed E-state index contributed by atoms with van der Waals surface area (Å²) in [5.41, 5.74) is -5.45. The Morgan fingerprint density at radius 1 is 0.962 bits per heavy atom. The van der Waals surface area contributed by atoms with Crippen molar-refractivity contribution in [1.82, 2.24) is 0 Å². The highest BCUT2D eigenvalue weighted by atomic mass is 32.3. The standard InChI is InChI=1S/C17H27F3O4S2/c1-4-5-6-7-8-11-14-23-15-12-9-10-13-16(15)25(2,3)24-26(21,22)17(18,19)20/h9-10,12-13H,4-8,11,14H2,1-3H3. The van der Waals surface area contributed by atoms with Gasteiger partial charge in [0, 0.05) is 0 Å².